The summed E-state index contributed by atoms with van der Waals surface area (Å²) in [5.41, 5.74) is 5.58. The molecule has 0 radical (unpaired) electrons. The highest BCUT2D eigenvalue weighted by Crippen LogP contribution is 2.25. The Bertz CT molecular complexity index is 362. The van der Waals surface area contributed by atoms with E-state index in [2.05, 4.69) is 5.32 Å². The lowest BCUT2D eigenvalue weighted by Crippen LogP contribution is -2.51. The molecule has 2 fully saturated rings. The summed E-state index contributed by atoms with van der Waals surface area (Å²) in [6.07, 6.45) is -3.57. The predicted octanol–water partition coefficient (Wildman–Crippen LogP) is -3.69. The molecule has 0 amide bonds. The summed E-state index contributed by atoms with van der Waals surface area (Å²) < 4.78 is 15.4. The molecule has 6 atom stereocenters. The van der Waals surface area contributed by atoms with E-state index in [-0.39, 0.29) is 24.8 Å². The summed E-state index contributed by atoms with van der Waals surface area (Å²) in [4.78, 5) is 1.72. The standard InChI is InChI=1S/C13H27N3O7/c1-21-9(15-7(2-3-14)11-13(20)23-11)5-16(6-10(17)18)4-8-12(19)22-8/h7-13,15,17-20H,2-6,14H2,1H3. The van der Waals surface area contributed by atoms with Crippen molar-refractivity contribution in [3.05, 3.63) is 0 Å². The lowest BCUT2D eigenvalue weighted by molar-refractivity contribution is -0.0718. The summed E-state index contributed by atoms with van der Waals surface area (Å²) in [5, 5.41) is 40.2. The van der Waals surface area contributed by atoms with Crippen LogP contribution in [0.3, 0.4) is 0 Å². The minimum atomic E-state index is -1.50. The normalized spacial score (nSPS) is 32.3. The van der Waals surface area contributed by atoms with Crippen molar-refractivity contribution in [3.8, 4) is 0 Å². The summed E-state index contributed by atoms with van der Waals surface area (Å²) in [6.45, 7) is 1.12. The Hall–Kier alpha value is -0.400. The highest BCUT2D eigenvalue weighted by molar-refractivity contribution is 4.90. The Morgan fingerprint density at radius 1 is 1.22 bits per heavy atom. The molecule has 2 saturated heterocycles. The molecular weight excluding hydrogens is 310 g/mol. The van der Waals surface area contributed by atoms with E-state index in [0.29, 0.717) is 26.1 Å². The number of methoxy groups -OCH3 is 1. The molecule has 0 bridgehead atoms. The second-order valence-electron chi connectivity index (χ2n) is 5.83. The fourth-order valence-corrected chi connectivity index (χ4v) is 2.58. The number of ether oxygens (including phenoxy) is 3. The highest BCUT2D eigenvalue weighted by Gasteiger charge is 2.44. The van der Waals surface area contributed by atoms with Gasteiger partial charge in [0, 0.05) is 32.8 Å². The maximum atomic E-state index is 9.40. The van der Waals surface area contributed by atoms with Crippen molar-refractivity contribution < 1.29 is 34.6 Å². The third-order valence-corrected chi connectivity index (χ3v) is 3.90. The largest absolute Gasteiger partial charge is 0.367 e. The highest BCUT2D eigenvalue weighted by atomic mass is 16.7. The number of epoxide rings is 2. The fourth-order valence-electron chi connectivity index (χ4n) is 2.58. The van der Waals surface area contributed by atoms with Crippen LogP contribution in [0.1, 0.15) is 6.42 Å². The molecule has 0 aromatic heterocycles. The first-order valence-corrected chi connectivity index (χ1v) is 7.69. The first kappa shape index (κ1) is 18.9. The molecule has 0 aliphatic carbocycles. The van der Waals surface area contributed by atoms with E-state index in [4.69, 9.17) is 19.9 Å². The fraction of sp³-hybridized carbons (Fsp3) is 1.00. The van der Waals surface area contributed by atoms with Crippen LogP contribution in [0.5, 0.6) is 0 Å². The molecule has 10 heteroatoms. The van der Waals surface area contributed by atoms with E-state index in [0.717, 1.165) is 0 Å². The number of hydrogen-bond donors (Lipinski definition) is 6. The van der Waals surface area contributed by atoms with Crippen LogP contribution in [-0.4, -0.2) is 102 Å². The molecule has 136 valence electrons. The second-order valence-corrected chi connectivity index (χ2v) is 5.83. The third-order valence-electron chi connectivity index (χ3n) is 3.90. The van der Waals surface area contributed by atoms with Crippen molar-refractivity contribution in [2.75, 3.05) is 33.3 Å². The van der Waals surface area contributed by atoms with E-state index >= 15 is 0 Å². The van der Waals surface area contributed by atoms with Gasteiger partial charge in [0.2, 0.25) is 0 Å². The number of nitrogens with zero attached hydrogens (tertiary/aromatic N) is 1. The smallest absolute Gasteiger partial charge is 0.183 e. The number of aliphatic hydroxyl groups is 4. The van der Waals surface area contributed by atoms with Crippen LogP contribution < -0.4 is 11.1 Å². The van der Waals surface area contributed by atoms with Crippen molar-refractivity contribution >= 4 is 0 Å². The summed E-state index contributed by atoms with van der Waals surface area (Å²) in [6, 6.07) is -0.163. The molecular formula is C13H27N3O7. The van der Waals surface area contributed by atoms with Crippen LogP contribution in [0.15, 0.2) is 0 Å². The Balaban J connectivity index is 1.85. The lowest BCUT2D eigenvalue weighted by atomic mass is 10.1. The van der Waals surface area contributed by atoms with Gasteiger partial charge in [-0.2, -0.15) is 0 Å². The molecule has 23 heavy (non-hydrogen) atoms. The molecule has 0 aromatic carbocycles. The molecule has 7 N–H and O–H groups in total. The molecule has 10 nitrogen and oxygen atoms in total. The van der Waals surface area contributed by atoms with Gasteiger partial charge < -0.3 is 40.4 Å². The van der Waals surface area contributed by atoms with Gasteiger partial charge >= 0.3 is 0 Å². The van der Waals surface area contributed by atoms with Crippen molar-refractivity contribution in [1.29, 1.82) is 0 Å². The molecule has 2 aliphatic rings. The molecule has 6 unspecified atom stereocenters. The van der Waals surface area contributed by atoms with E-state index < -0.39 is 25.1 Å². The average molecular weight is 337 g/mol. The second kappa shape index (κ2) is 8.62. The van der Waals surface area contributed by atoms with Gasteiger partial charge in [-0.05, 0) is 13.0 Å². The van der Waals surface area contributed by atoms with Crippen LogP contribution in [-0.2, 0) is 14.2 Å². The van der Waals surface area contributed by atoms with Crippen molar-refractivity contribution in [2.45, 2.75) is 49.8 Å². The van der Waals surface area contributed by atoms with Crippen LogP contribution >= 0.6 is 0 Å². The molecule has 2 aliphatic heterocycles. The molecule has 2 rings (SSSR count). The molecule has 0 saturated carbocycles. The molecule has 0 spiro atoms. The topological polar surface area (TPSA) is 156 Å². The summed E-state index contributed by atoms with van der Waals surface area (Å²) in [5.74, 6) is 0. The summed E-state index contributed by atoms with van der Waals surface area (Å²) >= 11 is 0. The summed E-state index contributed by atoms with van der Waals surface area (Å²) in [7, 11) is 1.53. The maximum absolute atomic E-state index is 9.40. The van der Waals surface area contributed by atoms with Gasteiger partial charge in [-0.3, -0.25) is 10.2 Å². The lowest BCUT2D eigenvalue weighted by Gasteiger charge is -2.29. The monoisotopic (exact) mass is 337 g/mol. The van der Waals surface area contributed by atoms with E-state index in [1.165, 1.54) is 7.11 Å². The first-order valence-electron chi connectivity index (χ1n) is 7.69. The predicted molar refractivity (Wildman–Crippen MR) is 77.8 cm³/mol. The van der Waals surface area contributed by atoms with Gasteiger partial charge in [0.05, 0.1) is 0 Å². The zero-order valence-corrected chi connectivity index (χ0v) is 13.1. The SMILES string of the molecule is COC(CN(CC(O)O)CC1OC1O)NC(CCN)C1OC1O. The van der Waals surface area contributed by atoms with Crippen LogP contribution in [0, 0.1) is 0 Å². The van der Waals surface area contributed by atoms with E-state index in [1.54, 1.807) is 4.90 Å². The quantitative estimate of drug-likeness (QED) is 0.155. The Kier molecular flexibility index (Phi) is 7.10. The maximum Gasteiger partial charge on any atom is 0.183 e. The zero-order chi connectivity index (χ0) is 17.0. The van der Waals surface area contributed by atoms with Crippen LogP contribution in [0.25, 0.3) is 0 Å². The van der Waals surface area contributed by atoms with Crippen LogP contribution in [0.4, 0.5) is 0 Å². The van der Waals surface area contributed by atoms with Gasteiger partial charge in [0.15, 0.2) is 18.9 Å². The van der Waals surface area contributed by atoms with Gasteiger partial charge in [-0.1, -0.05) is 0 Å². The van der Waals surface area contributed by atoms with Crippen molar-refractivity contribution in [1.82, 2.24) is 10.2 Å². The van der Waals surface area contributed by atoms with Gasteiger partial charge in [0.1, 0.15) is 18.4 Å². The Morgan fingerprint density at radius 3 is 2.30 bits per heavy atom. The van der Waals surface area contributed by atoms with Gasteiger partial charge in [-0.25, -0.2) is 0 Å². The van der Waals surface area contributed by atoms with Crippen molar-refractivity contribution in [2.24, 2.45) is 5.73 Å². The number of nitrogens with one attached hydrogen (secondary N) is 1. The van der Waals surface area contributed by atoms with Gasteiger partial charge in [0.25, 0.3) is 0 Å². The van der Waals surface area contributed by atoms with E-state index in [1.807, 2.05) is 0 Å². The molecule has 0 aromatic rings. The van der Waals surface area contributed by atoms with Crippen molar-refractivity contribution in [3.63, 3.8) is 0 Å². The number of rotatable bonds is 12. The molecule has 2 heterocycles. The third kappa shape index (κ3) is 6.19. The Labute approximate surface area is 134 Å². The Morgan fingerprint density at radius 2 is 1.87 bits per heavy atom. The van der Waals surface area contributed by atoms with E-state index in [9.17, 15) is 20.4 Å². The minimum Gasteiger partial charge on any atom is -0.367 e. The van der Waals surface area contributed by atoms with Crippen LogP contribution in [0.2, 0.25) is 0 Å². The first-order chi connectivity index (χ1) is 10.9. The minimum absolute atomic E-state index is 0.00176. The zero-order valence-electron chi connectivity index (χ0n) is 13.1. The van der Waals surface area contributed by atoms with Gasteiger partial charge in [-0.15, -0.1) is 0 Å². The number of aliphatic hydroxyl groups excluding tert-OH is 3. The number of hydrogen-bond acceptors (Lipinski definition) is 10. The number of nitrogens with two attached hydrogens (primary N) is 1. The average Bonchev–Trinajstić information content (AvgIpc) is 3.36.